The van der Waals surface area contributed by atoms with Crippen LogP contribution >= 0.6 is 0 Å². The number of aliphatic hydroxyl groups excluding tert-OH is 2. The average molecular weight is 1170 g/mol. The molecule has 0 rings (SSSR count). The van der Waals surface area contributed by atoms with Crippen LogP contribution in [-0.4, -0.2) is 47.4 Å². The fourth-order valence-electron chi connectivity index (χ4n) is 11.9. The second kappa shape index (κ2) is 72.6. The number of rotatable bonds is 71. The van der Waals surface area contributed by atoms with E-state index >= 15 is 0 Å². The first-order valence-electron chi connectivity index (χ1n) is 37.7. The largest absolute Gasteiger partial charge is 0.466 e. The molecule has 3 N–H and O–H groups in total. The fourth-order valence-corrected chi connectivity index (χ4v) is 11.9. The summed E-state index contributed by atoms with van der Waals surface area (Å²) in [6, 6.07) is -0.538. The summed E-state index contributed by atoms with van der Waals surface area (Å²) in [6.07, 6.45) is 93.7. The molecule has 0 aliphatic heterocycles. The summed E-state index contributed by atoms with van der Waals surface area (Å²) in [7, 11) is 0. The third kappa shape index (κ3) is 69.1. The number of esters is 1. The van der Waals surface area contributed by atoms with Gasteiger partial charge in [0.05, 0.1) is 25.4 Å². The Morgan fingerprint density at radius 2 is 0.602 bits per heavy atom. The lowest BCUT2D eigenvalue weighted by Crippen LogP contribution is -2.45. The van der Waals surface area contributed by atoms with E-state index in [9.17, 15) is 19.8 Å². The van der Waals surface area contributed by atoms with Crippen molar-refractivity contribution in [1.29, 1.82) is 0 Å². The minimum absolute atomic E-state index is 0.0133. The second-order valence-corrected chi connectivity index (χ2v) is 26.0. The summed E-state index contributed by atoms with van der Waals surface area (Å²) in [6.45, 7) is 4.96. The zero-order valence-corrected chi connectivity index (χ0v) is 56.2. The normalized spacial score (nSPS) is 12.7. The highest BCUT2D eigenvalue weighted by Gasteiger charge is 2.20. The Kier molecular flexibility index (Phi) is 70.9. The molecule has 2 unspecified atom stereocenters. The van der Waals surface area contributed by atoms with Crippen molar-refractivity contribution >= 4 is 11.9 Å². The number of carbonyl (C=O) groups excluding carboxylic acids is 2. The maximum absolute atomic E-state index is 12.5. The van der Waals surface area contributed by atoms with E-state index in [1.54, 1.807) is 0 Å². The molecular formula is C77H147NO5. The lowest BCUT2D eigenvalue weighted by molar-refractivity contribution is -0.143. The van der Waals surface area contributed by atoms with Crippen LogP contribution in [0.5, 0.6) is 0 Å². The number of aliphatic hydroxyl groups is 2. The van der Waals surface area contributed by atoms with Gasteiger partial charge < -0.3 is 20.3 Å². The number of hydrogen-bond donors (Lipinski definition) is 3. The topological polar surface area (TPSA) is 95.9 Å². The third-order valence-corrected chi connectivity index (χ3v) is 17.7. The number of nitrogens with one attached hydrogen (secondary N) is 1. The number of allylic oxidation sites excluding steroid dienone is 6. The Morgan fingerprint density at radius 3 is 0.940 bits per heavy atom. The van der Waals surface area contributed by atoms with Crippen molar-refractivity contribution in [3.63, 3.8) is 0 Å². The zero-order valence-electron chi connectivity index (χ0n) is 56.2. The lowest BCUT2D eigenvalue weighted by Gasteiger charge is -2.22. The number of ether oxygens (including phenoxy) is 1. The van der Waals surface area contributed by atoms with Crippen LogP contribution in [-0.2, 0) is 14.3 Å². The van der Waals surface area contributed by atoms with Crippen molar-refractivity contribution in [2.45, 2.75) is 431 Å². The molecule has 0 aromatic rings. The third-order valence-electron chi connectivity index (χ3n) is 17.7. The summed E-state index contributed by atoms with van der Waals surface area (Å²) in [4.78, 5) is 24.6. The Morgan fingerprint density at radius 1 is 0.337 bits per heavy atom. The summed E-state index contributed by atoms with van der Waals surface area (Å²) in [5.74, 6) is -0.0160. The Bertz CT molecular complexity index is 1340. The average Bonchev–Trinajstić information content (AvgIpc) is 3.49. The molecule has 0 spiro atoms. The highest BCUT2D eigenvalue weighted by molar-refractivity contribution is 5.76. The lowest BCUT2D eigenvalue weighted by atomic mass is 10.0. The molecule has 83 heavy (non-hydrogen) atoms. The van der Waals surface area contributed by atoms with Crippen LogP contribution in [0.25, 0.3) is 0 Å². The van der Waals surface area contributed by atoms with Crippen LogP contribution in [0.4, 0.5) is 0 Å². The number of hydrogen-bond acceptors (Lipinski definition) is 5. The van der Waals surface area contributed by atoms with Crippen molar-refractivity contribution in [3.05, 3.63) is 36.5 Å². The minimum atomic E-state index is -0.661. The molecule has 2 atom stereocenters. The Balaban J connectivity index is 3.32. The summed E-state index contributed by atoms with van der Waals surface area (Å²) in [5.41, 5.74) is 0. The van der Waals surface area contributed by atoms with Gasteiger partial charge in [-0.2, -0.15) is 0 Å². The van der Waals surface area contributed by atoms with Crippen molar-refractivity contribution in [2.75, 3.05) is 13.2 Å². The van der Waals surface area contributed by atoms with Crippen molar-refractivity contribution < 1.29 is 24.5 Å². The zero-order chi connectivity index (χ0) is 59.9. The van der Waals surface area contributed by atoms with Gasteiger partial charge in [-0.3, -0.25) is 9.59 Å². The number of amides is 1. The number of carbonyl (C=O) groups is 2. The predicted molar refractivity (Wildman–Crippen MR) is 366 cm³/mol. The van der Waals surface area contributed by atoms with Gasteiger partial charge in [0, 0.05) is 12.8 Å². The van der Waals surface area contributed by atoms with Gasteiger partial charge in [-0.25, -0.2) is 0 Å². The minimum Gasteiger partial charge on any atom is -0.466 e. The van der Waals surface area contributed by atoms with Gasteiger partial charge in [-0.05, 0) is 83.5 Å². The SMILES string of the molecule is CCCCCC/C=C\C/C=C\CCCCCCCCCC(=O)OCCCCCCCCCCCCCCCC/C=C\CCCCCCCCCCCCCCCCCCCC(=O)NC(CO)C(O)CCCCCCCCCCCCCCC. The molecule has 0 heterocycles. The van der Waals surface area contributed by atoms with E-state index in [2.05, 4.69) is 55.6 Å². The molecule has 0 bridgehead atoms. The summed E-state index contributed by atoms with van der Waals surface area (Å²) >= 11 is 0. The van der Waals surface area contributed by atoms with E-state index in [1.807, 2.05) is 0 Å². The maximum atomic E-state index is 12.5. The Hall–Kier alpha value is -1.92. The van der Waals surface area contributed by atoms with Gasteiger partial charge in [-0.15, -0.1) is 0 Å². The summed E-state index contributed by atoms with van der Waals surface area (Å²) in [5, 5.41) is 23.3. The van der Waals surface area contributed by atoms with E-state index in [1.165, 1.54) is 334 Å². The molecular weight excluding hydrogens is 1020 g/mol. The monoisotopic (exact) mass is 1170 g/mol. The molecule has 0 radical (unpaired) electrons. The van der Waals surface area contributed by atoms with Gasteiger partial charge in [-0.1, -0.05) is 359 Å². The van der Waals surface area contributed by atoms with Crippen LogP contribution in [0.15, 0.2) is 36.5 Å². The molecule has 1 amide bonds. The molecule has 0 aliphatic carbocycles. The van der Waals surface area contributed by atoms with E-state index in [0.717, 1.165) is 51.4 Å². The first kappa shape index (κ1) is 81.1. The maximum Gasteiger partial charge on any atom is 0.305 e. The molecule has 0 aliphatic rings. The second-order valence-electron chi connectivity index (χ2n) is 26.0. The molecule has 6 nitrogen and oxygen atoms in total. The van der Waals surface area contributed by atoms with Crippen LogP contribution in [0.3, 0.4) is 0 Å². The predicted octanol–water partition coefficient (Wildman–Crippen LogP) is 24.7. The van der Waals surface area contributed by atoms with Crippen LogP contribution in [0.2, 0.25) is 0 Å². The van der Waals surface area contributed by atoms with Gasteiger partial charge in [0.25, 0.3) is 0 Å². The van der Waals surface area contributed by atoms with E-state index in [4.69, 9.17) is 4.74 Å². The molecule has 0 aromatic carbocycles. The van der Waals surface area contributed by atoms with E-state index < -0.39 is 12.1 Å². The molecule has 0 saturated carbocycles. The highest BCUT2D eigenvalue weighted by Crippen LogP contribution is 2.19. The standard InChI is InChI=1S/C77H147NO5/c1-3-5-7-9-11-13-15-17-18-19-40-43-47-51-55-59-63-67-71-77(82)83-72-68-64-60-56-52-48-44-41-38-36-34-32-30-28-26-24-22-20-21-23-25-27-29-31-33-35-37-39-42-46-50-54-58-62-66-70-76(81)78-74(73-79)75(80)69-65-61-57-53-49-45-16-14-12-10-8-6-4-2/h13,15,18-19,22,24,74-75,79-80H,3-12,14,16-17,20-21,23,25-73H2,1-2H3,(H,78,81)/b15-13-,19-18-,24-22-. The van der Waals surface area contributed by atoms with Gasteiger partial charge in [0.1, 0.15) is 0 Å². The molecule has 490 valence electrons. The van der Waals surface area contributed by atoms with Crippen molar-refractivity contribution in [3.8, 4) is 0 Å². The van der Waals surface area contributed by atoms with E-state index in [-0.39, 0.29) is 18.5 Å². The first-order valence-corrected chi connectivity index (χ1v) is 37.7. The van der Waals surface area contributed by atoms with Crippen molar-refractivity contribution in [2.24, 2.45) is 0 Å². The molecule has 0 fully saturated rings. The number of unbranched alkanes of at least 4 members (excludes halogenated alkanes) is 54. The molecule has 6 heteroatoms. The first-order chi connectivity index (χ1) is 41.0. The van der Waals surface area contributed by atoms with Gasteiger partial charge >= 0.3 is 5.97 Å². The van der Waals surface area contributed by atoms with Crippen LogP contribution in [0, 0.1) is 0 Å². The fraction of sp³-hybridized carbons (Fsp3) is 0.896. The smallest absolute Gasteiger partial charge is 0.305 e. The molecule has 0 aromatic heterocycles. The van der Waals surface area contributed by atoms with Crippen LogP contribution in [0.1, 0.15) is 418 Å². The van der Waals surface area contributed by atoms with Gasteiger partial charge in [0.2, 0.25) is 5.91 Å². The quantitative estimate of drug-likeness (QED) is 0.0320. The summed E-state index contributed by atoms with van der Waals surface area (Å²) < 4.78 is 5.51. The van der Waals surface area contributed by atoms with Crippen LogP contribution < -0.4 is 5.32 Å². The Labute approximate surface area is 519 Å². The van der Waals surface area contributed by atoms with Crippen molar-refractivity contribution in [1.82, 2.24) is 5.32 Å². The molecule has 0 saturated heterocycles. The van der Waals surface area contributed by atoms with Gasteiger partial charge in [0.15, 0.2) is 0 Å². The van der Waals surface area contributed by atoms with E-state index in [0.29, 0.717) is 25.9 Å². The highest BCUT2D eigenvalue weighted by atomic mass is 16.5.